The molecule has 1 aromatic heterocycles. The van der Waals surface area contributed by atoms with Crippen LogP contribution >= 0.6 is 0 Å². The Morgan fingerprint density at radius 1 is 1.50 bits per heavy atom. The maximum Gasteiger partial charge on any atom is 0.237 e. The van der Waals surface area contributed by atoms with Gasteiger partial charge in [0.1, 0.15) is 5.41 Å². The number of likely N-dealkylation sites (N-methyl/N-ethyl adjacent to an activating group) is 1. The van der Waals surface area contributed by atoms with Gasteiger partial charge in [0, 0.05) is 12.6 Å². The summed E-state index contributed by atoms with van der Waals surface area (Å²) in [5.41, 5.74) is -0.647. The minimum Gasteiger partial charge on any atom is -0.339 e. The van der Waals surface area contributed by atoms with Crippen molar-refractivity contribution in [2.24, 2.45) is 5.92 Å². The minimum absolute atomic E-state index is 0.144. The van der Waals surface area contributed by atoms with E-state index >= 15 is 0 Å². The van der Waals surface area contributed by atoms with Gasteiger partial charge >= 0.3 is 0 Å². The molecule has 0 aromatic carbocycles. The monoisotopic (exact) mass is 275 g/mol. The number of allylic oxidation sites excluding steroid dienone is 2. The molecule has 0 radical (unpaired) electrons. The number of carbonyl (C=O) groups is 1. The van der Waals surface area contributed by atoms with Gasteiger partial charge in [0.2, 0.25) is 5.91 Å². The summed E-state index contributed by atoms with van der Waals surface area (Å²) >= 11 is 0. The van der Waals surface area contributed by atoms with Gasteiger partial charge in [-0.2, -0.15) is 5.21 Å². The van der Waals surface area contributed by atoms with E-state index in [4.69, 9.17) is 0 Å². The third-order valence-corrected chi connectivity index (χ3v) is 4.68. The Hall–Kier alpha value is -1.72. The normalized spacial score (nSPS) is 21.9. The molecule has 6 heteroatoms. The standard InChI is InChI=1S/C14H21N5O/c1-3-19(10(2)11-6-7-11)13(20)14(8-4-5-9-14)12-15-17-18-16-12/h4-5,10-11H,3,6-9H2,1-2H3,(H,15,16,17,18). The molecule has 1 fully saturated rings. The summed E-state index contributed by atoms with van der Waals surface area (Å²) in [4.78, 5) is 15.1. The van der Waals surface area contributed by atoms with Crippen molar-refractivity contribution in [1.29, 1.82) is 0 Å². The molecule has 3 rings (SSSR count). The molecule has 0 bridgehead atoms. The zero-order valence-electron chi connectivity index (χ0n) is 12.0. The first-order chi connectivity index (χ1) is 9.69. The van der Waals surface area contributed by atoms with Crippen LogP contribution in [-0.4, -0.2) is 44.0 Å². The van der Waals surface area contributed by atoms with Gasteiger partial charge < -0.3 is 4.90 Å². The van der Waals surface area contributed by atoms with E-state index in [-0.39, 0.29) is 5.91 Å². The number of carbonyl (C=O) groups excluding carboxylic acids is 1. The van der Waals surface area contributed by atoms with Gasteiger partial charge in [-0.3, -0.25) is 4.79 Å². The van der Waals surface area contributed by atoms with Crippen LogP contribution in [0.1, 0.15) is 45.4 Å². The Morgan fingerprint density at radius 2 is 2.20 bits per heavy atom. The topological polar surface area (TPSA) is 74.8 Å². The second-order valence-electron chi connectivity index (χ2n) is 5.87. The summed E-state index contributed by atoms with van der Waals surface area (Å²) in [5, 5.41) is 14.3. The summed E-state index contributed by atoms with van der Waals surface area (Å²) < 4.78 is 0. The lowest BCUT2D eigenvalue weighted by Gasteiger charge is -2.35. The van der Waals surface area contributed by atoms with Crippen molar-refractivity contribution in [2.75, 3.05) is 6.54 Å². The second-order valence-corrected chi connectivity index (χ2v) is 5.87. The van der Waals surface area contributed by atoms with Crippen LogP contribution in [0.15, 0.2) is 12.2 Å². The highest BCUT2D eigenvalue weighted by molar-refractivity contribution is 5.88. The molecule has 0 saturated heterocycles. The number of tetrazole rings is 1. The number of amides is 1. The number of rotatable bonds is 5. The molecule has 6 nitrogen and oxygen atoms in total. The van der Waals surface area contributed by atoms with Crippen molar-refractivity contribution in [3.63, 3.8) is 0 Å². The van der Waals surface area contributed by atoms with Crippen molar-refractivity contribution in [1.82, 2.24) is 25.5 Å². The smallest absolute Gasteiger partial charge is 0.237 e. The SMILES string of the molecule is CCN(C(=O)C1(c2nn[nH]n2)CC=CC1)C(C)C1CC1. The van der Waals surface area contributed by atoms with Crippen molar-refractivity contribution in [3.05, 3.63) is 18.0 Å². The van der Waals surface area contributed by atoms with Gasteiger partial charge in [0.25, 0.3) is 0 Å². The largest absolute Gasteiger partial charge is 0.339 e. The Kier molecular flexibility index (Phi) is 3.31. The zero-order chi connectivity index (χ0) is 14.2. The van der Waals surface area contributed by atoms with E-state index in [1.807, 2.05) is 24.0 Å². The van der Waals surface area contributed by atoms with Gasteiger partial charge in [0.15, 0.2) is 5.82 Å². The molecular weight excluding hydrogens is 254 g/mol. The fourth-order valence-corrected chi connectivity index (χ4v) is 3.19. The van der Waals surface area contributed by atoms with Crippen LogP contribution in [0.25, 0.3) is 0 Å². The highest BCUT2D eigenvalue weighted by atomic mass is 16.2. The van der Waals surface area contributed by atoms with E-state index in [1.165, 1.54) is 12.8 Å². The van der Waals surface area contributed by atoms with Gasteiger partial charge in [0.05, 0.1) is 0 Å². The van der Waals surface area contributed by atoms with Gasteiger partial charge in [-0.1, -0.05) is 17.4 Å². The number of aromatic amines is 1. The van der Waals surface area contributed by atoms with E-state index < -0.39 is 5.41 Å². The van der Waals surface area contributed by atoms with Crippen molar-refractivity contribution < 1.29 is 4.79 Å². The molecule has 0 spiro atoms. The molecule has 1 aromatic rings. The lowest BCUT2D eigenvalue weighted by atomic mass is 9.82. The van der Waals surface area contributed by atoms with Crippen LogP contribution in [0.5, 0.6) is 0 Å². The predicted octanol–water partition coefficient (Wildman–Crippen LogP) is 1.43. The van der Waals surface area contributed by atoms with Gasteiger partial charge in [-0.25, -0.2) is 0 Å². The van der Waals surface area contributed by atoms with E-state index in [0.717, 1.165) is 6.54 Å². The highest BCUT2D eigenvalue weighted by Crippen LogP contribution is 2.40. The maximum atomic E-state index is 13.1. The van der Waals surface area contributed by atoms with Crippen LogP contribution in [-0.2, 0) is 10.2 Å². The Labute approximate surface area is 118 Å². The first kappa shape index (κ1) is 13.3. The molecule has 1 heterocycles. The van der Waals surface area contributed by atoms with Gasteiger partial charge in [-0.05, 0) is 45.4 Å². The number of H-pyrrole nitrogens is 1. The third-order valence-electron chi connectivity index (χ3n) is 4.68. The molecule has 1 saturated carbocycles. The summed E-state index contributed by atoms with van der Waals surface area (Å²) in [6, 6.07) is 0.303. The van der Waals surface area contributed by atoms with E-state index in [0.29, 0.717) is 30.6 Å². The van der Waals surface area contributed by atoms with Crippen LogP contribution in [0.4, 0.5) is 0 Å². The predicted molar refractivity (Wildman–Crippen MR) is 73.8 cm³/mol. The molecule has 20 heavy (non-hydrogen) atoms. The van der Waals surface area contributed by atoms with Crippen LogP contribution in [0.2, 0.25) is 0 Å². The van der Waals surface area contributed by atoms with Gasteiger partial charge in [-0.15, -0.1) is 10.2 Å². The first-order valence-electron chi connectivity index (χ1n) is 7.39. The average molecular weight is 275 g/mol. The first-order valence-corrected chi connectivity index (χ1v) is 7.39. The number of hydrogen-bond acceptors (Lipinski definition) is 4. The van der Waals surface area contributed by atoms with Crippen molar-refractivity contribution in [2.45, 2.75) is 51.0 Å². The average Bonchev–Trinajstić information content (AvgIpc) is 2.95. The lowest BCUT2D eigenvalue weighted by Crippen LogP contribution is -2.50. The van der Waals surface area contributed by atoms with E-state index in [9.17, 15) is 4.79 Å². The fraction of sp³-hybridized carbons (Fsp3) is 0.714. The zero-order valence-corrected chi connectivity index (χ0v) is 12.0. The molecule has 2 aliphatic rings. The van der Waals surface area contributed by atoms with E-state index in [2.05, 4.69) is 27.5 Å². The molecule has 1 amide bonds. The van der Waals surface area contributed by atoms with Crippen molar-refractivity contribution in [3.8, 4) is 0 Å². The minimum atomic E-state index is -0.647. The quantitative estimate of drug-likeness (QED) is 0.825. The summed E-state index contributed by atoms with van der Waals surface area (Å²) in [6.07, 6.45) is 7.89. The Balaban J connectivity index is 1.89. The summed E-state index contributed by atoms with van der Waals surface area (Å²) in [7, 11) is 0. The number of nitrogens with one attached hydrogen (secondary N) is 1. The fourth-order valence-electron chi connectivity index (χ4n) is 3.19. The molecule has 1 N–H and O–H groups in total. The Bertz CT molecular complexity index is 498. The molecule has 108 valence electrons. The molecule has 0 aliphatic heterocycles. The molecule has 2 aliphatic carbocycles. The van der Waals surface area contributed by atoms with Crippen molar-refractivity contribution >= 4 is 5.91 Å². The van der Waals surface area contributed by atoms with Crippen LogP contribution in [0, 0.1) is 5.92 Å². The van der Waals surface area contributed by atoms with Crippen LogP contribution < -0.4 is 0 Å². The number of hydrogen-bond donors (Lipinski definition) is 1. The highest BCUT2D eigenvalue weighted by Gasteiger charge is 2.48. The van der Waals surface area contributed by atoms with Crippen LogP contribution in [0.3, 0.4) is 0 Å². The summed E-state index contributed by atoms with van der Waals surface area (Å²) in [5.74, 6) is 1.33. The lowest BCUT2D eigenvalue weighted by molar-refractivity contribution is -0.139. The Morgan fingerprint density at radius 3 is 2.70 bits per heavy atom. The molecule has 1 unspecified atom stereocenters. The maximum absolute atomic E-state index is 13.1. The second kappa shape index (κ2) is 5.00. The number of aromatic nitrogens is 4. The third kappa shape index (κ3) is 2.03. The van der Waals surface area contributed by atoms with E-state index in [1.54, 1.807) is 0 Å². The number of nitrogens with zero attached hydrogens (tertiary/aromatic N) is 4. The molecule has 1 atom stereocenters. The summed E-state index contributed by atoms with van der Waals surface area (Å²) in [6.45, 7) is 4.94. The molecular formula is C14H21N5O.